The zero-order valence-corrected chi connectivity index (χ0v) is 11.9. The van der Waals surface area contributed by atoms with Gasteiger partial charge in [-0.25, -0.2) is 0 Å². The van der Waals surface area contributed by atoms with Gasteiger partial charge in [-0.05, 0) is 35.8 Å². The first-order chi connectivity index (χ1) is 10.6. The molecule has 0 unspecified atom stereocenters. The number of rotatable bonds is 5. The Hall–Kier alpha value is -3.06. The van der Waals surface area contributed by atoms with Crippen LogP contribution in [-0.4, -0.2) is 16.0 Å². The SMILES string of the molecule is N#C/C(=C\c1ccc(O)c(O)c1)C(=O)CCc1ccccc1. The number of hydrogen-bond acceptors (Lipinski definition) is 4. The average molecular weight is 293 g/mol. The molecular weight excluding hydrogens is 278 g/mol. The van der Waals surface area contributed by atoms with E-state index in [9.17, 15) is 15.0 Å². The van der Waals surface area contributed by atoms with Gasteiger partial charge in [0.1, 0.15) is 6.07 Å². The van der Waals surface area contributed by atoms with E-state index in [-0.39, 0.29) is 29.3 Å². The Morgan fingerprint density at radius 1 is 1.09 bits per heavy atom. The molecule has 0 saturated carbocycles. The first kappa shape index (κ1) is 15.3. The van der Waals surface area contributed by atoms with Crippen molar-refractivity contribution in [2.24, 2.45) is 0 Å². The number of phenols is 2. The summed E-state index contributed by atoms with van der Waals surface area (Å²) in [5, 5.41) is 27.8. The van der Waals surface area contributed by atoms with Gasteiger partial charge in [0.25, 0.3) is 0 Å². The lowest BCUT2D eigenvalue weighted by Gasteiger charge is -2.02. The summed E-state index contributed by atoms with van der Waals surface area (Å²) in [5.41, 5.74) is 1.55. The number of aromatic hydroxyl groups is 2. The van der Waals surface area contributed by atoms with Crippen LogP contribution in [0.3, 0.4) is 0 Å². The van der Waals surface area contributed by atoms with Crippen LogP contribution in [0.1, 0.15) is 17.5 Å². The summed E-state index contributed by atoms with van der Waals surface area (Å²) >= 11 is 0. The highest BCUT2D eigenvalue weighted by Crippen LogP contribution is 2.26. The number of benzene rings is 2. The molecule has 0 aliphatic heterocycles. The number of aryl methyl sites for hydroxylation is 1. The van der Waals surface area contributed by atoms with Crippen molar-refractivity contribution < 1.29 is 15.0 Å². The zero-order chi connectivity index (χ0) is 15.9. The van der Waals surface area contributed by atoms with E-state index < -0.39 is 0 Å². The summed E-state index contributed by atoms with van der Waals surface area (Å²) in [7, 11) is 0. The molecule has 0 heterocycles. The number of carbonyl (C=O) groups excluding carboxylic acids is 1. The maximum absolute atomic E-state index is 12.1. The van der Waals surface area contributed by atoms with E-state index in [1.165, 1.54) is 24.3 Å². The molecule has 22 heavy (non-hydrogen) atoms. The molecule has 2 rings (SSSR count). The Morgan fingerprint density at radius 2 is 1.82 bits per heavy atom. The van der Waals surface area contributed by atoms with Crippen molar-refractivity contribution in [1.82, 2.24) is 0 Å². The minimum atomic E-state index is -0.289. The normalized spacial score (nSPS) is 11.0. The third-order valence-electron chi connectivity index (χ3n) is 3.21. The zero-order valence-electron chi connectivity index (χ0n) is 11.9. The number of nitrogens with zero attached hydrogens (tertiary/aromatic N) is 1. The summed E-state index contributed by atoms with van der Waals surface area (Å²) in [5.74, 6) is -0.784. The van der Waals surface area contributed by atoms with Gasteiger partial charge in [-0.1, -0.05) is 36.4 Å². The Bertz CT molecular complexity index is 743. The molecule has 0 saturated heterocycles. The van der Waals surface area contributed by atoms with Gasteiger partial charge >= 0.3 is 0 Å². The van der Waals surface area contributed by atoms with E-state index in [0.717, 1.165) is 5.56 Å². The number of phenolic OH excluding ortho intramolecular Hbond substituents is 2. The van der Waals surface area contributed by atoms with Crippen molar-refractivity contribution in [3.8, 4) is 17.6 Å². The van der Waals surface area contributed by atoms with Crippen LogP contribution in [-0.2, 0) is 11.2 Å². The predicted molar refractivity (Wildman–Crippen MR) is 83.1 cm³/mol. The smallest absolute Gasteiger partial charge is 0.173 e. The van der Waals surface area contributed by atoms with Gasteiger partial charge in [0, 0.05) is 6.42 Å². The molecule has 0 atom stereocenters. The quantitative estimate of drug-likeness (QED) is 0.504. The molecule has 110 valence electrons. The van der Waals surface area contributed by atoms with Crippen LogP contribution < -0.4 is 0 Å². The first-order valence-corrected chi connectivity index (χ1v) is 6.81. The van der Waals surface area contributed by atoms with Crippen LogP contribution in [0, 0.1) is 11.3 Å². The van der Waals surface area contributed by atoms with Gasteiger partial charge in [-0.15, -0.1) is 0 Å². The third kappa shape index (κ3) is 3.97. The van der Waals surface area contributed by atoms with Crippen molar-refractivity contribution in [2.45, 2.75) is 12.8 Å². The Labute approximate surface area is 128 Å². The number of nitriles is 1. The second-order valence-corrected chi connectivity index (χ2v) is 4.83. The van der Waals surface area contributed by atoms with Crippen LogP contribution in [0.2, 0.25) is 0 Å². The number of carbonyl (C=O) groups is 1. The maximum atomic E-state index is 12.1. The van der Waals surface area contributed by atoms with Crippen molar-refractivity contribution in [2.75, 3.05) is 0 Å². The minimum absolute atomic E-state index is 0.0287. The lowest BCUT2D eigenvalue weighted by Crippen LogP contribution is -2.02. The second-order valence-electron chi connectivity index (χ2n) is 4.83. The molecule has 0 amide bonds. The molecule has 0 aromatic heterocycles. The van der Waals surface area contributed by atoms with E-state index in [4.69, 9.17) is 5.26 Å². The van der Waals surface area contributed by atoms with Crippen molar-refractivity contribution in [1.29, 1.82) is 5.26 Å². The highest BCUT2D eigenvalue weighted by Gasteiger charge is 2.10. The highest BCUT2D eigenvalue weighted by atomic mass is 16.3. The molecule has 0 aliphatic rings. The van der Waals surface area contributed by atoms with E-state index in [1.54, 1.807) is 0 Å². The van der Waals surface area contributed by atoms with Crippen LogP contribution in [0.4, 0.5) is 0 Å². The molecule has 0 radical (unpaired) electrons. The number of ketones is 1. The monoisotopic (exact) mass is 293 g/mol. The molecule has 2 N–H and O–H groups in total. The van der Waals surface area contributed by atoms with E-state index in [2.05, 4.69) is 0 Å². The fourth-order valence-electron chi connectivity index (χ4n) is 2.01. The molecular formula is C18H15NO3. The fraction of sp³-hybridized carbons (Fsp3) is 0.111. The predicted octanol–water partition coefficient (Wildman–Crippen LogP) is 3.21. The maximum Gasteiger partial charge on any atom is 0.173 e. The summed E-state index contributed by atoms with van der Waals surface area (Å²) in [6.45, 7) is 0. The van der Waals surface area contributed by atoms with Crippen molar-refractivity contribution in [3.63, 3.8) is 0 Å². The van der Waals surface area contributed by atoms with E-state index >= 15 is 0 Å². The van der Waals surface area contributed by atoms with Gasteiger partial charge in [-0.3, -0.25) is 4.79 Å². The van der Waals surface area contributed by atoms with Crippen LogP contribution in [0.5, 0.6) is 11.5 Å². The molecule has 4 nitrogen and oxygen atoms in total. The van der Waals surface area contributed by atoms with Crippen LogP contribution in [0.15, 0.2) is 54.1 Å². The van der Waals surface area contributed by atoms with Crippen molar-refractivity contribution in [3.05, 3.63) is 65.2 Å². The molecule has 0 fully saturated rings. The van der Waals surface area contributed by atoms with E-state index in [0.29, 0.717) is 12.0 Å². The van der Waals surface area contributed by atoms with Gasteiger partial charge < -0.3 is 10.2 Å². The van der Waals surface area contributed by atoms with Gasteiger partial charge in [0.15, 0.2) is 17.3 Å². The lowest BCUT2D eigenvalue weighted by atomic mass is 10.0. The van der Waals surface area contributed by atoms with Crippen LogP contribution in [0.25, 0.3) is 6.08 Å². The first-order valence-electron chi connectivity index (χ1n) is 6.81. The average Bonchev–Trinajstić information content (AvgIpc) is 2.54. The Balaban J connectivity index is 2.10. The van der Waals surface area contributed by atoms with Gasteiger partial charge in [0.05, 0.1) is 5.57 Å². The topological polar surface area (TPSA) is 81.3 Å². The molecule has 4 heteroatoms. The van der Waals surface area contributed by atoms with Crippen LogP contribution >= 0.6 is 0 Å². The van der Waals surface area contributed by atoms with E-state index in [1.807, 2.05) is 36.4 Å². The standard InChI is InChI=1S/C18H15NO3/c19-12-15(10-14-7-9-17(21)18(22)11-14)16(20)8-6-13-4-2-1-3-5-13/h1-5,7,9-11,21-22H,6,8H2/b15-10+. The van der Waals surface area contributed by atoms with Gasteiger partial charge in [0.2, 0.25) is 0 Å². The Kier molecular flexibility index (Phi) is 4.94. The fourth-order valence-corrected chi connectivity index (χ4v) is 2.01. The largest absolute Gasteiger partial charge is 0.504 e. The molecule has 0 spiro atoms. The third-order valence-corrected chi connectivity index (χ3v) is 3.21. The summed E-state index contributed by atoms with van der Waals surface area (Å²) < 4.78 is 0. The molecule has 0 aliphatic carbocycles. The summed E-state index contributed by atoms with van der Waals surface area (Å²) in [4.78, 5) is 12.1. The minimum Gasteiger partial charge on any atom is -0.504 e. The number of hydrogen-bond donors (Lipinski definition) is 2. The lowest BCUT2D eigenvalue weighted by molar-refractivity contribution is -0.115. The summed E-state index contributed by atoms with van der Waals surface area (Å²) in [6, 6.07) is 15.6. The number of Topliss-reactive ketones (excluding diaryl/α,β-unsaturated/α-hetero) is 1. The Morgan fingerprint density at radius 3 is 2.45 bits per heavy atom. The van der Waals surface area contributed by atoms with Crippen molar-refractivity contribution >= 4 is 11.9 Å². The number of allylic oxidation sites excluding steroid dienone is 1. The molecule has 2 aromatic rings. The second kappa shape index (κ2) is 7.09. The summed E-state index contributed by atoms with van der Waals surface area (Å²) in [6.07, 6.45) is 2.22. The molecule has 0 bridgehead atoms. The molecule has 2 aromatic carbocycles. The highest BCUT2D eigenvalue weighted by molar-refractivity contribution is 6.03. The van der Waals surface area contributed by atoms with Gasteiger partial charge in [-0.2, -0.15) is 5.26 Å².